The number of nitro groups is 1. The topological polar surface area (TPSA) is 78.0 Å². The molecule has 0 aliphatic heterocycles. The van der Waals surface area contributed by atoms with Crippen molar-refractivity contribution in [2.24, 2.45) is 0 Å². The minimum atomic E-state index is -0.731. The maximum absolute atomic E-state index is 12.0. The molecule has 0 amide bonds. The van der Waals surface area contributed by atoms with Gasteiger partial charge in [-0.15, -0.1) is 0 Å². The van der Waals surface area contributed by atoms with E-state index >= 15 is 0 Å². The molecule has 0 bridgehead atoms. The summed E-state index contributed by atoms with van der Waals surface area (Å²) < 4.78 is 1.60. The Kier molecular flexibility index (Phi) is 4.42. The van der Waals surface area contributed by atoms with Gasteiger partial charge >= 0.3 is 11.2 Å². The predicted octanol–water partition coefficient (Wildman–Crippen LogP) is 3.27. The lowest BCUT2D eigenvalue weighted by Gasteiger charge is -2.08. The molecular formula is C11H6BrCl2N3O3. The monoisotopic (exact) mass is 377 g/mol. The molecule has 0 radical (unpaired) electrons. The van der Waals surface area contributed by atoms with Gasteiger partial charge in [0, 0.05) is 22.3 Å². The van der Waals surface area contributed by atoms with Gasteiger partial charge in [0.2, 0.25) is 0 Å². The van der Waals surface area contributed by atoms with Gasteiger partial charge in [-0.25, -0.2) is 4.98 Å². The Morgan fingerprint density at radius 2 is 2.10 bits per heavy atom. The molecule has 2 heterocycles. The van der Waals surface area contributed by atoms with Crippen LogP contribution < -0.4 is 5.56 Å². The molecule has 0 aliphatic carbocycles. The standard InChI is InChI=1S/C11H6BrCl2N3O3/c12-7-3-8(17(19)20)11(18)16(5-7)4-6-1-2-9(13)15-10(6)14/h1-3,5H,4H2. The summed E-state index contributed by atoms with van der Waals surface area (Å²) in [5, 5.41) is 11.2. The van der Waals surface area contributed by atoms with Crippen molar-refractivity contribution in [3.63, 3.8) is 0 Å². The van der Waals surface area contributed by atoms with Crippen LogP contribution in [-0.4, -0.2) is 14.5 Å². The van der Waals surface area contributed by atoms with E-state index in [1.165, 1.54) is 16.8 Å². The van der Waals surface area contributed by atoms with E-state index in [0.29, 0.717) is 10.0 Å². The number of aromatic nitrogens is 2. The first kappa shape index (κ1) is 15.0. The molecule has 104 valence electrons. The average Bonchev–Trinajstić information content (AvgIpc) is 2.36. The number of hydrogen-bond donors (Lipinski definition) is 0. The molecule has 2 rings (SSSR count). The van der Waals surface area contributed by atoms with Gasteiger partial charge in [0.05, 0.1) is 11.5 Å². The van der Waals surface area contributed by atoms with Gasteiger partial charge in [-0.3, -0.25) is 14.9 Å². The van der Waals surface area contributed by atoms with E-state index in [0.717, 1.165) is 6.07 Å². The molecule has 20 heavy (non-hydrogen) atoms. The first-order chi connectivity index (χ1) is 9.38. The van der Waals surface area contributed by atoms with Crippen LogP contribution in [-0.2, 0) is 6.54 Å². The molecule has 6 nitrogen and oxygen atoms in total. The summed E-state index contributed by atoms with van der Waals surface area (Å²) in [5.74, 6) is 0. The van der Waals surface area contributed by atoms with Gasteiger partial charge in [0.15, 0.2) is 0 Å². The summed E-state index contributed by atoms with van der Waals surface area (Å²) in [6.07, 6.45) is 1.44. The van der Waals surface area contributed by atoms with Crippen molar-refractivity contribution < 1.29 is 4.92 Å². The first-order valence-corrected chi connectivity index (χ1v) is 6.78. The van der Waals surface area contributed by atoms with Crippen LogP contribution >= 0.6 is 39.1 Å². The van der Waals surface area contributed by atoms with Crippen LogP contribution in [0.3, 0.4) is 0 Å². The summed E-state index contributed by atoms with van der Waals surface area (Å²) in [7, 11) is 0. The van der Waals surface area contributed by atoms with E-state index in [-0.39, 0.29) is 16.9 Å². The Morgan fingerprint density at radius 3 is 2.70 bits per heavy atom. The first-order valence-electron chi connectivity index (χ1n) is 5.24. The second kappa shape index (κ2) is 5.90. The van der Waals surface area contributed by atoms with Gasteiger partial charge in [-0.05, 0) is 22.0 Å². The molecule has 0 N–H and O–H groups in total. The minimum Gasteiger partial charge on any atom is -0.304 e. The number of nitrogens with zero attached hydrogens (tertiary/aromatic N) is 3. The number of pyridine rings is 2. The zero-order chi connectivity index (χ0) is 14.9. The molecule has 0 aromatic carbocycles. The zero-order valence-electron chi connectivity index (χ0n) is 9.72. The van der Waals surface area contributed by atoms with Gasteiger partial charge in [0.1, 0.15) is 10.3 Å². The Morgan fingerprint density at radius 1 is 1.40 bits per heavy atom. The Hall–Kier alpha value is -1.44. The lowest BCUT2D eigenvalue weighted by molar-refractivity contribution is -0.386. The van der Waals surface area contributed by atoms with Crippen LogP contribution in [0.2, 0.25) is 10.3 Å². The molecule has 0 aliphatic rings. The molecule has 0 atom stereocenters. The lowest BCUT2D eigenvalue weighted by atomic mass is 10.3. The highest BCUT2D eigenvalue weighted by atomic mass is 79.9. The smallest absolute Gasteiger partial charge is 0.304 e. The van der Waals surface area contributed by atoms with Crippen LogP contribution in [0.4, 0.5) is 5.69 Å². The van der Waals surface area contributed by atoms with Crippen LogP contribution in [0.25, 0.3) is 0 Å². The van der Waals surface area contributed by atoms with Gasteiger partial charge in [-0.2, -0.15) is 0 Å². The maximum atomic E-state index is 12.0. The van der Waals surface area contributed by atoms with Crippen molar-refractivity contribution in [3.05, 3.63) is 65.2 Å². The lowest BCUT2D eigenvalue weighted by Crippen LogP contribution is -2.22. The highest BCUT2D eigenvalue weighted by molar-refractivity contribution is 9.10. The Bertz CT molecular complexity index is 748. The fourth-order valence-corrected chi connectivity index (χ4v) is 2.44. The zero-order valence-corrected chi connectivity index (χ0v) is 12.8. The molecule has 2 aromatic rings. The summed E-state index contributed by atoms with van der Waals surface area (Å²) in [4.78, 5) is 25.9. The third kappa shape index (κ3) is 3.17. The Labute approximate surface area is 131 Å². The largest absolute Gasteiger partial charge is 0.335 e. The van der Waals surface area contributed by atoms with Crippen LogP contribution in [0.5, 0.6) is 0 Å². The van der Waals surface area contributed by atoms with Crippen molar-refractivity contribution in [1.29, 1.82) is 0 Å². The molecule has 0 saturated carbocycles. The van der Waals surface area contributed by atoms with Crippen molar-refractivity contribution in [2.75, 3.05) is 0 Å². The fraction of sp³-hybridized carbons (Fsp3) is 0.0909. The van der Waals surface area contributed by atoms with E-state index in [9.17, 15) is 14.9 Å². The van der Waals surface area contributed by atoms with Crippen LogP contribution in [0, 0.1) is 10.1 Å². The molecule has 2 aromatic heterocycles. The third-order valence-electron chi connectivity index (χ3n) is 2.46. The van der Waals surface area contributed by atoms with E-state index in [1.54, 1.807) is 6.07 Å². The van der Waals surface area contributed by atoms with Crippen molar-refractivity contribution >= 4 is 44.8 Å². The summed E-state index contributed by atoms with van der Waals surface area (Å²) in [6.45, 7) is 0.0577. The summed E-state index contributed by atoms with van der Waals surface area (Å²) in [6, 6.07) is 4.29. The highest BCUT2D eigenvalue weighted by Gasteiger charge is 2.16. The molecule has 0 spiro atoms. The van der Waals surface area contributed by atoms with Gasteiger partial charge in [-0.1, -0.05) is 29.3 Å². The second-order valence-electron chi connectivity index (χ2n) is 3.82. The highest BCUT2D eigenvalue weighted by Crippen LogP contribution is 2.19. The normalized spacial score (nSPS) is 10.6. The van der Waals surface area contributed by atoms with Crippen LogP contribution in [0.15, 0.2) is 33.7 Å². The van der Waals surface area contributed by atoms with Crippen LogP contribution in [0.1, 0.15) is 5.56 Å². The molecular weight excluding hydrogens is 373 g/mol. The molecule has 9 heteroatoms. The van der Waals surface area contributed by atoms with Gasteiger partial charge in [0.25, 0.3) is 0 Å². The quantitative estimate of drug-likeness (QED) is 0.466. The van der Waals surface area contributed by atoms with Gasteiger partial charge < -0.3 is 4.57 Å². The SMILES string of the molecule is O=c1c([N+](=O)[O-])cc(Br)cn1Cc1ccc(Cl)nc1Cl. The van der Waals surface area contributed by atoms with E-state index in [1.807, 2.05) is 0 Å². The van der Waals surface area contributed by atoms with E-state index in [2.05, 4.69) is 20.9 Å². The third-order valence-corrected chi connectivity index (χ3v) is 3.43. The maximum Gasteiger partial charge on any atom is 0.335 e. The molecule has 0 fully saturated rings. The van der Waals surface area contributed by atoms with Crippen molar-refractivity contribution in [2.45, 2.75) is 6.54 Å². The summed E-state index contributed by atoms with van der Waals surface area (Å²) in [5.41, 5.74) is -0.702. The minimum absolute atomic E-state index is 0.0577. The predicted molar refractivity (Wildman–Crippen MR) is 78.4 cm³/mol. The number of halogens is 3. The molecule has 0 unspecified atom stereocenters. The summed E-state index contributed by atoms with van der Waals surface area (Å²) >= 11 is 14.7. The number of hydrogen-bond acceptors (Lipinski definition) is 4. The second-order valence-corrected chi connectivity index (χ2v) is 5.48. The average molecular weight is 379 g/mol. The molecule has 0 saturated heterocycles. The van der Waals surface area contributed by atoms with E-state index in [4.69, 9.17) is 23.2 Å². The van der Waals surface area contributed by atoms with Crippen molar-refractivity contribution in [1.82, 2.24) is 9.55 Å². The van der Waals surface area contributed by atoms with Crippen molar-refractivity contribution in [3.8, 4) is 0 Å². The fourth-order valence-electron chi connectivity index (χ4n) is 1.57. The number of rotatable bonds is 3. The van der Waals surface area contributed by atoms with E-state index < -0.39 is 16.2 Å². The Balaban J connectivity index is 2.48.